The van der Waals surface area contributed by atoms with E-state index >= 15 is 0 Å². The minimum absolute atomic E-state index is 0.258. The van der Waals surface area contributed by atoms with Crippen molar-refractivity contribution in [3.8, 4) is 0 Å². The lowest BCUT2D eigenvalue weighted by atomic mass is 10.1. The third kappa shape index (κ3) is 4.27. The molecule has 0 radical (unpaired) electrons. The van der Waals surface area contributed by atoms with Crippen molar-refractivity contribution in [3.63, 3.8) is 0 Å². The van der Waals surface area contributed by atoms with Crippen molar-refractivity contribution in [3.05, 3.63) is 47.7 Å². The third-order valence-electron chi connectivity index (χ3n) is 3.18. The van der Waals surface area contributed by atoms with E-state index in [-0.39, 0.29) is 5.91 Å². The molecule has 0 unspecified atom stereocenters. The van der Waals surface area contributed by atoms with Gasteiger partial charge in [-0.05, 0) is 42.7 Å². The van der Waals surface area contributed by atoms with E-state index in [0.29, 0.717) is 11.5 Å². The van der Waals surface area contributed by atoms with Crippen LogP contribution >= 0.6 is 0 Å². The Morgan fingerprint density at radius 1 is 1.10 bits per heavy atom. The number of aryl methyl sites for hydroxylation is 1. The van der Waals surface area contributed by atoms with Gasteiger partial charge in [0, 0.05) is 12.7 Å². The van der Waals surface area contributed by atoms with Crippen LogP contribution in [0, 0.1) is 0 Å². The third-order valence-corrected chi connectivity index (χ3v) is 3.18. The Kier molecular flexibility index (Phi) is 5.26. The highest BCUT2D eigenvalue weighted by atomic mass is 16.1. The molecule has 5 heteroatoms. The number of carbonyl (C=O) groups is 1. The van der Waals surface area contributed by atoms with Crippen LogP contribution in [0.5, 0.6) is 0 Å². The van der Waals surface area contributed by atoms with Crippen LogP contribution in [0.3, 0.4) is 0 Å². The molecule has 5 nitrogen and oxygen atoms in total. The molecule has 1 aromatic carbocycles. The summed E-state index contributed by atoms with van der Waals surface area (Å²) < 4.78 is 0. The van der Waals surface area contributed by atoms with E-state index in [9.17, 15) is 4.79 Å². The molecular formula is C16H20N4O. The van der Waals surface area contributed by atoms with E-state index in [1.54, 1.807) is 19.2 Å². The van der Waals surface area contributed by atoms with Crippen molar-refractivity contribution in [2.24, 2.45) is 0 Å². The molecular weight excluding hydrogens is 264 g/mol. The van der Waals surface area contributed by atoms with Crippen LogP contribution in [0.15, 0.2) is 36.4 Å². The minimum atomic E-state index is -0.258. The largest absolute Gasteiger partial charge is 0.372 e. The molecule has 110 valence electrons. The van der Waals surface area contributed by atoms with Crippen LogP contribution < -0.4 is 10.6 Å². The highest BCUT2D eigenvalue weighted by Crippen LogP contribution is 2.13. The van der Waals surface area contributed by atoms with Crippen molar-refractivity contribution < 1.29 is 4.79 Å². The first-order valence-corrected chi connectivity index (χ1v) is 7.14. The second kappa shape index (κ2) is 7.38. The van der Waals surface area contributed by atoms with Gasteiger partial charge in [-0.2, -0.15) is 0 Å². The van der Waals surface area contributed by atoms with Gasteiger partial charge in [-0.15, -0.1) is 10.2 Å². The van der Waals surface area contributed by atoms with Gasteiger partial charge in [0.2, 0.25) is 0 Å². The number of hydrogen-bond donors (Lipinski definition) is 2. The molecule has 0 aliphatic rings. The number of anilines is 2. The molecule has 0 bridgehead atoms. The Hall–Kier alpha value is -2.43. The van der Waals surface area contributed by atoms with Crippen LogP contribution in [0.4, 0.5) is 11.5 Å². The predicted molar refractivity (Wildman–Crippen MR) is 84.6 cm³/mol. The summed E-state index contributed by atoms with van der Waals surface area (Å²) in [5.41, 5.74) is 2.34. The Bertz CT molecular complexity index is 578. The summed E-state index contributed by atoms with van der Waals surface area (Å²) >= 11 is 0. The zero-order valence-corrected chi connectivity index (χ0v) is 12.4. The number of nitrogens with one attached hydrogen (secondary N) is 2. The SMILES string of the molecule is CCCCc1ccc(NC(=O)c2ccc(NC)nn2)cc1. The predicted octanol–water partition coefficient (Wildman–Crippen LogP) is 3.11. The summed E-state index contributed by atoms with van der Waals surface area (Å²) in [6.45, 7) is 2.18. The monoisotopic (exact) mass is 284 g/mol. The fourth-order valence-electron chi connectivity index (χ4n) is 1.92. The van der Waals surface area contributed by atoms with Crippen LogP contribution in [0.1, 0.15) is 35.8 Å². The number of aromatic nitrogens is 2. The molecule has 0 spiro atoms. The molecule has 0 aliphatic heterocycles. The standard InChI is InChI=1S/C16H20N4O/c1-3-4-5-12-6-8-13(9-7-12)18-16(21)14-10-11-15(17-2)20-19-14/h6-11H,3-5H2,1-2H3,(H,17,20)(H,18,21). The molecule has 0 saturated carbocycles. The number of benzene rings is 1. The number of amides is 1. The van der Waals surface area contributed by atoms with Gasteiger partial charge >= 0.3 is 0 Å². The normalized spacial score (nSPS) is 10.2. The summed E-state index contributed by atoms with van der Waals surface area (Å²) in [5.74, 6) is 0.373. The van der Waals surface area contributed by atoms with E-state index < -0.39 is 0 Å². The van der Waals surface area contributed by atoms with Crippen LogP contribution in [0.2, 0.25) is 0 Å². The minimum Gasteiger partial charge on any atom is -0.372 e. The molecule has 1 amide bonds. The van der Waals surface area contributed by atoms with E-state index in [2.05, 4.69) is 27.8 Å². The molecule has 0 fully saturated rings. The van der Waals surface area contributed by atoms with E-state index in [1.165, 1.54) is 18.4 Å². The van der Waals surface area contributed by atoms with Crippen LogP contribution in [-0.2, 0) is 6.42 Å². The molecule has 2 aromatic rings. The van der Waals surface area contributed by atoms with Crippen molar-refractivity contribution >= 4 is 17.4 Å². The summed E-state index contributed by atoms with van der Waals surface area (Å²) in [6.07, 6.45) is 3.43. The van der Waals surface area contributed by atoms with E-state index in [4.69, 9.17) is 0 Å². The lowest BCUT2D eigenvalue weighted by Gasteiger charge is -2.06. The highest BCUT2D eigenvalue weighted by molar-refractivity contribution is 6.02. The number of unbranched alkanes of at least 4 members (excludes halogenated alkanes) is 1. The first kappa shape index (κ1) is 15.0. The maximum atomic E-state index is 12.0. The lowest BCUT2D eigenvalue weighted by molar-refractivity contribution is 0.102. The zero-order valence-electron chi connectivity index (χ0n) is 12.4. The molecule has 2 rings (SSSR count). The van der Waals surface area contributed by atoms with Crippen LogP contribution in [0.25, 0.3) is 0 Å². The second-order valence-corrected chi connectivity index (χ2v) is 4.81. The van der Waals surface area contributed by atoms with Gasteiger partial charge in [-0.25, -0.2) is 0 Å². The molecule has 0 aliphatic carbocycles. The Morgan fingerprint density at radius 2 is 1.86 bits per heavy atom. The van der Waals surface area contributed by atoms with Gasteiger partial charge in [0.15, 0.2) is 5.69 Å². The fourth-order valence-corrected chi connectivity index (χ4v) is 1.92. The number of rotatable bonds is 6. The van der Waals surface area contributed by atoms with Gasteiger partial charge in [0.25, 0.3) is 5.91 Å². The quantitative estimate of drug-likeness (QED) is 0.855. The van der Waals surface area contributed by atoms with Gasteiger partial charge in [0.1, 0.15) is 5.82 Å². The van der Waals surface area contributed by atoms with Crippen LogP contribution in [-0.4, -0.2) is 23.2 Å². The smallest absolute Gasteiger partial charge is 0.276 e. The van der Waals surface area contributed by atoms with Gasteiger partial charge in [-0.3, -0.25) is 4.79 Å². The van der Waals surface area contributed by atoms with Crippen molar-refractivity contribution in [2.45, 2.75) is 26.2 Å². The van der Waals surface area contributed by atoms with Gasteiger partial charge in [-0.1, -0.05) is 25.5 Å². The average Bonchev–Trinajstić information content (AvgIpc) is 2.54. The number of carbonyl (C=O) groups excluding carboxylic acids is 1. The van der Waals surface area contributed by atoms with E-state index in [1.807, 2.05) is 24.3 Å². The molecule has 21 heavy (non-hydrogen) atoms. The van der Waals surface area contributed by atoms with Crippen molar-refractivity contribution in [1.82, 2.24) is 10.2 Å². The number of hydrogen-bond acceptors (Lipinski definition) is 4. The fraction of sp³-hybridized carbons (Fsp3) is 0.312. The maximum absolute atomic E-state index is 12.0. The first-order valence-electron chi connectivity index (χ1n) is 7.14. The molecule has 1 heterocycles. The summed E-state index contributed by atoms with van der Waals surface area (Å²) in [7, 11) is 1.75. The maximum Gasteiger partial charge on any atom is 0.276 e. The topological polar surface area (TPSA) is 66.9 Å². The average molecular weight is 284 g/mol. The summed E-state index contributed by atoms with van der Waals surface area (Å²) in [4.78, 5) is 12.0. The lowest BCUT2D eigenvalue weighted by Crippen LogP contribution is -2.14. The molecule has 0 atom stereocenters. The summed E-state index contributed by atoms with van der Waals surface area (Å²) in [6, 6.07) is 11.3. The van der Waals surface area contributed by atoms with Crippen molar-refractivity contribution in [2.75, 3.05) is 17.7 Å². The van der Waals surface area contributed by atoms with Gasteiger partial charge in [0.05, 0.1) is 0 Å². The zero-order chi connectivity index (χ0) is 15.1. The Morgan fingerprint density at radius 3 is 2.43 bits per heavy atom. The molecule has 0 saturated heterocycles. The molecule has 1 aromatic heterocycles. The Labute approximate surface area is 124 Å². The van der Waals surface area contributed by atoms with Crippen molar-refractivity contribution in [1.29, 1.82) is 0 Å². The second-order valence-electron chi connectivity index (χ2n) is 4.81. The Balaban J connectivity index is 1.98. The highest BCUT2D eigenvalue weighted by Gasteiger charge is 2.08. The van der Waals surface area contributed by atoms with Gasteiger partial charge < -0.3 is 10.6 Å². The number of nitrogens with zero attached hydrogens (tertiary/aromatic N) is 2. The van der Waals surface area contributed by atoms with E-state index in [0.717, 1.165) is 12.1 Å². The summed E-state index contributed by atoms with van der Waals surface area (Å²) in [5, 5.41) is 13.4. The first-order chi connectivity index (χ1) is 10.2. The molecule has 2 N–H and O–H groups in total.